The van der Waals surface area contributed by atoms with Crippen LogP contribution in [0.3, 0.4) is 0 Å². The number of rotatable bonds is 10. The second-order valence-corrected chi connectivity index (χ2v) is 5.68. The molecule has 1 rings (SSSR count). The number of aliphatic hydroxyl groups is 1. The standard InChI is InChI=1S/C17H32N2O2/c1-6-15(7-2)19-12-11-14(18-19)13-16(20)17(8-3,9-4)21-10-5/h11-12,15-16,20H,6-10,13H2,1-5H3. The Morgan fingerprint density at radius 2 is 1.81 bits per heavy atom. The van der Waals surface area contributed by atoms with Crippen molar-refractivity contribution in [1.29, 1.82) is 0 Å². The average molecular weight is 296 g/mol. The average Bonchev–Trinajstić information content (AvgIpc) is 2.94. The molecule has 0 radical (unpaired) electrons. The van der Waals surface area contributed by atoms with Crippen molar-refractivity contribution in [1.82, 2.24) is 9.78 Å². The molecule has 0 fully saturated rings. The van der Waals surface area contributed by atoms with Gasteiger partial charge in [0.05, 0.1) is 23.4 Å². The first-order valence-corrected chi connectivity index (χ1v) is 8.42. The lowest BCUT2D eigenvalue weighted by Crippen LogP contribution is -2.45. The Balaban J connectivity index is 2.80. The summed E-state index contributed by atoms with van der Waals surface area (Å²) in [6.07, 6.45) is 5.84. The van der Waals surface area contributed by atoms with Crippen LogP contribution in [-0.4, -0.2) is 33.2 Å². The van der Waals surface area contributed by atoms with Crippen molar-refractivity contribution in [3.63, 3.8) is 0 Å². The van der Waals surface area contributed by atoms with E-state index in [0.717, 1.165) is 31.4 Å². The van der Waals surface area contributed by atoms with E-state index in [0.29, 0.717) is 19.1 Å². The third kappa shape index (κ3) is 4.30. The molecule has 1 N–H and O–H groups in total. The summed E-state index contributed by atoms with van der Waals surface area (Å²) in [7, 11) is 0. The third-order valence-corrected chi connectivity index (χ3v) is 4.62. The summed E-state index contributed by atoms with van der Waals surface area (Å²) in [5.74, 6) is 0. The van der Waals surface area contributed by atoms with E-state index in [9.17, 15) is 5.11 Å². The summed E-state index contributed by atoms with van der Waals surface area (Å²) in [6, 6.07) is 2.47. The van der Waals surface area contributed by atoms with Crippen LogP contribution in [0.15, 0.2) is 12.3 Å². The van der Waals surface area contributed by atoms with Gasteiger partial charge in [0.2, 0.25) is 0 Å². The van der Waals surface area contributed by atoms with Gasteiger partial charge >= 0.3 is 0 Å². The van der Waals surface area contributed by atoms with Crippen LogP contribution in [-0.2, 0) is 11.2 Å². The minimum absolute atomic E-state index is 0.449. The highest BCUT2D eigenvalue weighted by Crippen LogP contribution is 2.27. The number of aliphatic hydroxyl groups excluding tert-OH is 1. The molecule has 122 valence electrons. The topological polar surface area (TPSA) is 47.3 Å². The molecule has 0 saturated heterocycles. The van der Waals surface area contributed by atoms with Gasteiger partial charge in [-0.1, -0.05) is 27.7 Å². The number of hydrogen-bond donors (Lipinski definition) is 1. The first-order valence-electron chi connectivity index (χ1n) is 8.42. The van der Waals surface area contributed by atoms with E-state index in [1.165, 1.54) is 0 Å². The summed E-state index contributed by atoms with van der Waals surface area (Å²) < 4.78 is 7.90. The summed E-state index contributed by atoms with van der Waals surface area (Å²) in [6.45, 7) is 11.1. The van der Waals surface area contributed by atoms with Gasteiger partial charge in [0.25, 0.3) is 0 Å². The third-order valence-electron chi connectivity index (χ3n) is 4.62. The Morgan fingerprint density at radius 1 is 1.19 bits per heavy atom. The maximum Gasteiger partial charge on any atom is 0.0938 e. The SMILES string of the molecule is CCOC(CC)(CC)C(O)Cc1ccn(C(CC)CC)n1. The molecule has 1 heterocycles. The van der Waals surface area contributed by atoms with Crippen molar-refractivity contribution in [2.75, 3.05) is 6.61 Å². The van der Waals surface area contributed by atoms with Gasteiger partial charge in [-0.25, -0.2) is 0 Å². The van der Waals surface area contributed by atoms with Gasteiger partial charge in [-0.15, -0.1) is 0 Å². The van der Waals surface area contributed by atoms with Crippen molar-refractivity contribution in [3.8, 4) is 0 Å². The van der Waals surface area contributed by atoms with Crippen molar-refractivity contribution in [2.45, 2.75) is 84.5 Å². The molecule has 0 saturated carbocycles. The van der Waals surface area contributed by atoms with Gasteiger partial charge in [0, 0.05) is 19.2 Å². The molecule has 1 aromatic heterocycles. The maximum absolute atomic E-state index is 10.6. The quantitative estimate of drug-likeness (QED) is 0.715. The summed E-state index contributed by atoms with van der Waals surface area (Å²) in [5, 5.41) is 15.3. The zero-order valence-electron chi connectivity index (χ0n) is 14.3. The van der Waals surface area contributed by atoms with Gasteiger partial charge in [0.15, 0.2) is 0 Å². The van der Waals surface area contributed by atoms with Crippen LogP contribution in [0.4, 0.5) is 0 Å². The molecule has 0 aliphatic rings. The van der Waals surface area contributed by atoms with Gasteiger partial charge in [-0.05, 0) is 38.7 Å². The fraction of sp³-hybridized carbons (Fsp3) is 0.824. The van der Waals surface area contributed by atoms with E-state index in [4.69, 9.17) is 4.74 Å². The Kier molecular flexibility index (Phi) is 7.40. The maximum atomic E-state index is 10.6. The van der Waals surface area contributed by atoms with E-state index in [1.807, 2.05) is 23.9 Å². The largest absolute Gasteiger partial charge is 0.390 e. The van der Waals surface area contributed by atoms with Gasteiger partial charge < -0.3 is 9.84 Å². The van der Waals surface area contributed by atoms with E-state index >= 15 is 0 Å². The molecular formula is C17H32N2O2. The fourth-order valence-electron chi connectivity index (χ4n) is 3.05. The first kappa shape index (κ1) is 18.2. The summed E-state index contributed by atoms with van der Waals surface area (Å²) >= 11 is 0. The number of aromatic nitrogens is 2. The predicted molar refractivity (Wildman–Crippen MR) is 86.5 cm³/mol. The second-order valence-electron chi connectivity index (χ2n) is 5.68. The molecule has 4 nitrogen and oxygen atoms in total. The highest BCUT2D eigenvalue weighted by molar-refractivity contribution is 5.04. The normalized spacial score (nSPS) is 13.9. The lowest BCUT2D eigenvalue weighted by atomic mass is 9.87. The van der Waals surface area contributed by atoms with Crippen LogP contribution in [0.25, 0.3) is 0 Å². The molecule has 4 heteroatoms. The summed E-state index contributed by atoms with van der Waals surface area (Å²) in [4.78, 5) is 0. The van der Waals surface area contributed by atoms with Gasteiger partial charge in [-0.3, -0.25) is 4.68 Å². The van der Waals surface area contributed by atoms with Crippen LogP contribution in [0, 0.1) is 0 Å². The van der Waals surface area contributed by atoms with Crippen molar-refractivity contribution in [2.24, 2.45) is 0 Å². The number of hydrogen-bond acceptors (Lipinski definition) is 3. The van der Waals surface area contributed by atoms with Crippen molar-refractivity contribution < 1.29 is 9.84 Å². The molecule has 1 aromatic rings. The molecule has 1 unspecified atom stereocenters. The molecule has 0 aromatic carbocycles. The highest BCUT2D eigenvalue weighted by atomic mass is 16.5. The van der Waals surface area contributed by atoms with Crippen LogP contribution in [0.5, 0.6) is 0 Å². The molecule has 0 amide bonds. The van der Waals surface area contributed by atoms with Gasteiger partial charge in [-0.2, -0.15) is 5.10 Å². The monoisotopic (exact) mass is 296 g/mol. The molecular weight excluding hydrogens is 264 g/mol. The van der Waals surface area contributed by atoms with E-state index < -0.39 is 11.7 Å². The highest BCUT2D eigenvalue weighted by Gasteiger charge is 2.35. The van der Waals surface area contributed by atoms with E-state index in [-0.39, 0.29) is 0 Å². The zero-order chi connectivity index (χ0) is 15.9. The Labute approximate surface area is 129 Å². The van der Waals surface area contributed by atoms with Crippen molar-refractivity contribution in [3.05, 3.63) is 18.0 Å². The summed E-state index contributed by atoms with van der Waals surface area (Å²) in [5.41, 5.74) is 0.494. The minimum Gasteiger partial charge on any atom is -0.390 e. The molecule has 0 aliphatic carbocycles. The van der Waals surface area contributed by atoms with Gasteiger partial charge in [0.1, 0.15) is 0 Å². The second kappa shape index (κ2) is 8.54. The lowest BCUT2D eigenvalue weighted by Gasteiger charge is -2.36. The van der Waals surface area contributed by atoms with E-state index in [2.05, 4.69) is 32.8 Å². The van der Waals surface area contributed by atoms with Crippen LogP contribution in [0.1, 0.15) is 72.0 Å². The Bertz CT molecular complexity index is 395. The number of nitrogens with zero attached hydrogens (tertiary/aromatic N) is 2. The minimum atomic E-state index is -0.516. The lowest BCUT2D eigenvalue weighted by molar-refractivity contribution is -0.124. The van der Waals surface area contributed by atoms with E-state index in [1.54, 1.807) is 0 Å². The van der Waals surface area contributed by atoms with Crippen molar-refractivity contribution >= 4 is 0 Å². The molecule has 0 spiro atoms. The van der Waals surface area contributed by atoms with Crippen LogP contribution in [0.2, 0.25) is 0 Å². The fourth-order valence-corrected chi connectivity index (χ4v) is 3.05. The zero-order valence-corrected chi connectivity index (χ0v) is 14.3. The molecule has 0 bridgehead atoms. The van der Waals surface area contributed by atoms with Crippen LogP contribution < -0.4 is 0 Å². The Morgan fingerprint density at radius 3 is 2.29 bits per heavy atom. The first-order chi connectivity index (χ1) is 10.1. The molecule has 0 aliphatic heterocycles. The predicted octanol–water partition coefficient (Wildman–Crippen LogP) is 3.74. The van der Waals surface area contributed by atoms with Crippen LogP contribution >= 0.6 is 0 Å². The molecule has 21 heavy (non-hydrogen) atoms. The molecule has 1 atom stereocenters. The Hall–Kier alpha value is -0.870. The number of ether oxygens (including phenoxy) is 1. The smallest absolute Gasteiger partial charge is 0.0938 e.